The van der Waals surface area contributed by atoms with Crippen LogP contribution in [0.3, 0.4) is 0 Å². The number of hydrogen-bond acceptors (Lipinski definition) is 4. The Bertz CT molecular complexity index is 602. The van der Waals surface area contributed by atoms with Gasteiger partial charge in [-0.05, 0) is 37.0 Å². The quantitative estimate of drug-likeness (QED) is 0.808. The molecule has 2 amide bonds. The summed E-state index contributed by atoms with van der Waals surface area (Å²) in [6.45, 7) is 0.679. The van der Waals surface area contributed by atoms with Gasteiger partial charge in [-0.1, -0.05) is 6.07 Å². The van der Waals surface area contributed by atoms with E-state index in [1.807, 2.05) is 0 Å². The van der Waals surface area contributed by atoms with Crippen molar-refractivity contribution in [3.05, 3.63) is 29.8 Å². The van der Waals surface area contributed by atoms with Crippen LogP contribution in [-0.2, 0) is 9.59 Å². The fourth-order valence-corrected chi connectivity index (χ4v) is 2.75. The van der Waals surface area contributed by atoms with E-state index in [0.717, 1.165) is 12.8 Å². The summed E-state index contributed by atoms with van der Waals surface area (Å²) in [5, 5.41) is 8.62. The predicted octanol–water partition coefficient (Wildman–Crippen LogP) is 0.878. The highest BCUT2D eigenvalue weighted by atomic mass is 16.5. The van der Waals surface area contributed by atoms with Crippen molar-refractivity contribution in [1.29, 1.82) is 0 Å². The number of rotatable bonds is 6. The van der Waals surface area contributed by atoms with E-state index >= 15 is 0 Å². The molecule has 0 radical (unpaired) electrons. The summed E-state index contributed by atoms with van der Waals surface area (Å²) in [5.74, 6) is -1.15. The van der Waals surface area contributed by atoms with Crippen LogP contribution >= 0.6 is 0 Å². The first-order chi connectivity index (χ1) is 11.0. The average molecular weight is 320 g/mol. The number of carboxylic acids is 1. The topological polar surface area (TPSA) is 110 Å². The number of likely N-dealkylation sites (tertiary alicyclic amines) is 1. The number of primary amides is 1. The SMILES string of the molecule is NC(=O)CC1CCCN(C(=O)c2cccc(OCC(=O)O)c2)C1. The van der Waals surface area contributed by atoms with Crippen molar-refractivity contribution < 1.29 is 24.2 Å². The summed E-state index contributed by atoms with van der Waals surface area (Å²) in [6.07, 6.45) is 2.00. The van der Waals surface area contributed by atoms with Crippen LogP contribution in [0.1, 0.15) is 29.6 Å². The van der Waals surface area contributed by atoms with Gasteiger partial charge < -0.3 is 20.5 Å². The zero-order valence-electron chi connectivity index (χ0n) is 12.7. The van der Waals surface area contributed by atoms with Crippen LogP contribution in [0.4, 0.5) is 0 Å². The lowest BCUT2D eigenvalue weighted by molar-refractivity contribution is -0.139. The predicted molar refractivity (Wildman–Crippen MR) is 82.0 cm³/mol. The third-order valence-electron chi connectivity index (χ3n) is 3.74. The van der Waals surface area contributed by atoms with E-state index in [4.69, 9.17) is 15.6 Å². The first-order valence-electron chi connectivity index (χ1n) is 7.48. The molecule has 0 aromatic heterocycles. The molecule has 1 aliphatic heterocycles. The summed E-state index contributed by atoms with van der Waals surface area (Å²) >= 11 is 0. The number of nitrogens with two attached hydrogens (primary N) is 1. The number of ether oxygens (including phenoxy) is 1. The summed E-state index contributed by atoms with van der Waals surface area (Å²) in [6, 6.07) is 6.44. The van der Waals surface area contributed by atoms with Gasteiger partial charge in [0.1, 0.15) is 5.75 Å². The van der Waals surface area contributed by atoms with Crippen molar-refractivity contribution in [2.24, 2.45) is 11.7 Å². The Morgan fingerprint density at radius 3 is 2.83 bits per heavy atom. The average Bonchev–Trinajstić information content (AvgIpc) is 2.52. The zero-order chi connectivity index (χ0) is 16.8. The molecule has 1 unspecified atom stereocenters. The van der Waals surface area contributed by atoms with Crippen molar-refractivity contribution in [2.45, 2.75) is 19.3 Å². The van der Waals surface area contributed by atoms with Crippen molar-refractivity contribution in [3.63, 3.8) is 0 Å². The molecule has 1 heterocycles. The smallest absolute Gasteiger partial charge is 0.341 e. The van der Waals surface area contributed by atoms with Gasteiger partial charge >= 0.3 is 5.97 Å². The lowest BCUT2D eigenvalue weighted by Gasteiger charge is -2.32. The van der Waals surface area contributed by atoms with Gasteiger partial charge in [-0.2, -0.15) is 0 Å². The minimum Gasteiger partial charge on any atom is -0.482 e. The Hall–Kier alpha value is -2.57. The molecule has 3 N–H and O–H groups in total. The van der Waals surface area contributed by atoms with Crippen LogP contribution in [0.15, 0.2) is 24.3 Å². The summed E-state index contributed by atoms with van der Waals surface area (Å²) in [4.78, 5) is 35.8. The first kappa shape index (κ1) is 16.8. The van der Waals surface area contributed by atoms with Crippen LogP contribution in [0.2, 0.25) is 0 Å². The second-order valence-corrected chi connectivity index (χ2v) is 5.64. The molecule has 0 saturated carbocycles. The summed E-state index contributed by atoms with van der Waals surface area (Å²) < 4.78 is 5.09. The molecule has 1 aliphatic rings. The van der Waals surface area contributed by atoms with E-state index < -0.39 is 12.6 Å². The minimum absolute atomic E-state index is 0.0941. The monoisotopic (exact) mass is 320 g/mol. The maximum Gasteiger partial charge on any atom is 0.341 e. The second-order valence-electron chi connectivity index (χ2n) is 5.64. The highest BCUT2D eigenvalue weighted by Crippen LogP contribution is 2.22. The lowest BCUT2D eigenvalue weighted by Crippen LogP contribution is -2.41. The van der Waals surface area contributed by atoms with Crippen LogP contribution in [-0.4, -0.2) is 47.5 Å². The van der Waals surface area contributed by atoms with E-state index in [-0.39, 0.29) is 24.2 Å². The van der Waals surface area contributed by atoms with Gasteiger partial charge in [-0.3, -0.25) is 9.59 Å². The molecular formula is C16H20N2O5. The van der Waals surface area contributed by atoms with Crippen LogP contribution in [0, 0.1) is 5.92 Å². The third kappa shape index (κ3) is 4.98. The molecule has 1 aromatic carbocycles. The van der Waals surface area contributed by atoms with Crippen molar-refractivity contribution in [3.8, 4) is 5.75 Å². The molecule has 7 heteroatoms. The minimum atomic E-state index is -1.08. The third-order valence-corrected chi connectivity index (χ3v) is 3.74. The summed E-state index contributed by atoms with van der Waals surface area (Å²) in [7, 11) is 0. The molecule has 1 aromatic rings. The fourth-order valence-electron chi connectivity index (χ4n) is 2.75. The molecule has 2 rings (SSSR count). The Morgan fingerprint density at radius 1 is 1.35 bits per heavy atom. The largest absolute Gasteiger partial charge is 0.482 e. The molecule has 7 nitrogen and oxygen atoms in total. The normalized spacial score (nSPS) is 17.6. The molecular weight excluding hydrogens is 300 g/mol. The van der Waals surface area contributed by atoms with E-state index in [9.17, 15) is 14.4 Å². The molecule has 0 aliphatic carbocycles. The Balaban J connectivity index is 2.03. The molecule has 0 spiro atoms. The number of aliphatic carboxylic acids is 1. The maximum atomic E-state index is 12.6. The molecule has 1 saturated heterocycles. The molecule has 1 fully saturated rings. The van der Waals surface area contributed by atoms with Crippen molar-refractivity contribution >= 4 is 17.8 Å². The molecule has 124 valence electrons. The first-order valence-corrected chi connectivity index (χ1v) is 7.48. The highest BCUT2D eigenvalue weighted by Gasteiger charge is 2.25. The van der Waals surface area contributed by atoms with Crippen LogP contribution in [0.5, 0.6) is 5.75 Å². The van der Waals surface area contributed by atoms with Gasteiger partial charge in [-0.15, -0.1) is 0 Å². The van der Waals surface area contributed by atoms with Gasteiger partial charge in [0.2, 0.25) is 5.91 Å². The van der Waals surface area contributed by atoms with E-state index in [2.05, 4.69) is 0 Å². The summed E-state index contributed by atoms with van der Waals surface area (Å²) in [5.41, 5.74) is 5.66. The van der Waals surface area contributed by atoms with Gasteiger partial charge in [-0.25, -0.2) is 4.79 Å². The Kier molecular flexibility index (Phi) is 5.56. The van der Waals surface area contributed by atoms with Gasteiger partial charge in [0.25, 0.3) is 5.91 Å². The number of benzene rings is 1. The van der Waals surface area contributed by atoms with Gasteiger partial charge in [0.05, 0.1) is 0 Å². The number of piperidine rings is 1. The number of nitrogens with zero attached hydrogens (tertiary/aromatic N) is 1. The number of carbonyl (C=O) groups is 3. The van der Waals surface area contributed by atoms with E-state index in [0.29, 0.717) is 24.4 Å². The van der Waals surface area contributed by atoms with E-state index in [1.165, 1.54) is 6.07 Å². The number of carbonyl (C=O) groups excluding carboxylic acids is 2. The van der Waals surface area contributed by atoms with E-state index in [1.54, 1.807) is 23.1 Å². The number of hydrogen-bond donors (Lipinski definition) is 2. The van der Waals surface area contributed by atoms with Crippen LogP contribution < -0.4 is 10.5 Å². The number of carboxylic acid groups (broad SMARTS) is 1. The Morgan fingerprint density at radius 2 is 2.13 bits per heavy atom. The van der Waals surface area contributed by atoms with Crippen LogP contribution in [0.25, 0.3) is 0 Å². The molecule has 23 heavy (non-hydrogen) atoms. The second kappa shape index (κ2) is 7.62. The highest BCUT2D eigenvalue weighted by molar-refractivity contribution is 5.94. The Labute approximate surface area is 134 Å². The molecule has 0 bridgehead atoms. The van der Waals surface area contributed by atoms with Crippen molar-refractivity contribution in [2.75, 3.05) is 19.7 Å². The fraction of sp³-hybridized carbons (Fsp3) is 0.438. The maximum absolute atomic E-state index is 12.6. The standard InChI is InChI=1S/C16H20N2O5/c17-14(19)7-11-3-2-6-18(9-11)16(22)12-4-1-5-13(8-12)23-10-15(20)21/h1,4-5,8,11H,2-3,6-7,9-10H2,(H2,17,19)(H,20,21). The van der Waals surface area contributed by atoms with Gasteiger partial charge in [0, 0.05) is 25.1 Å². The number of amides is 2. The zero-order valence-corrected chi connectivity index (χ0v) is 12.7. The van der Waals surface area contributed by atoms with Crippen molar-refractivity contribution in [1.82, 2.24) is 4.90 Å². The van der Waals surface area contributed by atoms with Gasteiger partial charge in [0.15, 0.2) is 6.61 Å². The lowest BCUT2D eigenvalue weighted by atomic mass is 9.94. The molecule has 1 atom stereocenters.